The number of hydrogen-bond donors (Lipinski definition) is 4. The highest BCUT2D eigenvalue weighted by atomic mass is 32.2. The fourth-order valence-electron chi connectivity index (χ4n) is 4.51. The molecular formula is C23H24N6O8S2. The Morgan fingerprint density at radius 3 is 2.69 bits per heavy atom. The summed E-state index contributed by atoms with van der Waals surface area (Å²) < 4.78 is 0. The number of nitrogens with zero attached hydrogens (tertiary/aromatic N) is 4. The van der Waals surface area contributed by atoms with E-state index in [-0.39, 0.29) is 33.9 Å². The lowest BCUT2D eigenvalue weighted by Gasteiger charge is -2.49. The maximum absolute atomic E-state index is 13.1. The Morgan fingerprint density at radius 2 is 2.05 bits per heavy atom. The van der Waals surface area contributed by atoms with Crippen LogP contribution in [0.5, 0.6) is 0 Å². The third-order valence-electron chi connectivity index (χ3n) is 6.55. The number of aromatic nitrogens is 1. The van der Waals surface area contributed by atoms with Crippen molar-refractivity contribution in [2.45, 2.75) is 30.7 Å². The van der Waals surface area contributed by atoms with Crippen LogP contribution in [-0.2, 0) is 28.8 Å². The molecule has 0 unspecified atom stereocenters. The number of amides is 3. The van der Waals surface area contributed by atoms with E-state index in [1.165, 1.54) is 17.1 Å². The summed E-state index contributed by atoms with van der Waals surface area (Å²) in [7, 11) is 0. The van der Waals surface area contributed by atoms with Crippen LogP contribution in [0.15, 0.2) is 33.5 Å². The summed E-state index contributed by atoms with van der Waals surface area (Å²) >= 11 is 2.27. The smallest absolute Gasteiger partial charge is 0.352 e. The van der Waals surface area contributed by atoms with Crippen LogP contribution in [0.25, 0.3) is 0 Å². The molecule has 3 amide bonds. The first-order valence-electron chi connectivity index (χ1n) is 12.0. The molecule has 5 N–H and O–H groups in total. The minimum absolute atomic E-state index is 0.0253. The van der Waals surface area contributed by atoms with E-state index in [0.29, 0.717) is 36.6 Å². The van der Waals surface area contributed by atoms with Gasteiger partial charge in [0.2, 0.25) is 12.5 Å². The normalized spacial score (nSPS) is 24.1. The van der Waals surface area contributed by atoms with Crippen molar-refractivity contribution in [3.05, 3.63) is 34.0 Å². The van der Waals surface area contributed by atoms with Gasteiger partial charge >= 0.3 is 11.9 Å². The summed E-state index contributed by atoms with van der Waals surface area (Å²) in [6, 6.07) is -1.08. The van der Waals surface area contributed by atoms with E-state index < -0.39 is 41.8 Å². The molecule has 0 spiro atoms. The first-order chi connectivity index (χ1) is 18.6. The second-order valence-corrected chi connectivity index (χ2v) is 11.3. The van der Waals surface area contributed by atoms with Crippen LogP contribution in [0, 0.1) is 5.92 Å². The van der Waals surface area contributed by atoms with Crippen molar-refractivity contribution in [1.29, 1.82) is 0 Å². The van der Waals surface area contributed by atoms with Crippen molar-refractivity contribution in [2.75, 3.05) is 31.2 Å². The first kappa shape index (κ1) is 26.7. The summed E-state index contributed by atoms with van der Waals surface area (Å²) in [6.07, 6.45) is 4.32. The molecule has 2 atom stereocenters. The number of rotatable bonds is 10. The van der Waals surface area contributed by atoms with Gasteiger partial charge in [-0.15, -0.1) is 23.1 Å². The molecule has 1 saturated carbocycles. The Kier molecular flexibility index (Phi) is 7.31. The van der Waals surface area contributed by atoms with Gasteiger partial charge in [0.15, 0.2) is 10.8 Å². The lowest BCUT2D eigenvalue weighted by molar-refractivity contribution is -0.150. The van der Waals surface area contributed by atoms with E-state index in [9.17, 15) is 29.1 Å². The van der Waals surface area contributed by atoms with Crippen molar-refractivity contribution in [3.63, 3.8) is 0 Å². The van der Waals surface area contributed by atoms with E-state index in [1.54, 1.807) is 11.0 Å². The number of allylic oxidation sites excluding steroid dienone is 1. The van der Waals surface area contributed by atoms with Crippen molar-refractivity contribution in [2.24, 2.45) is 11.1 Å². The molecule has 0 aromatic carbocycles. The van der Waals surface area contributed by atoms with E-state index in [4.69, 9.17) is 15.7 Å². The van der Waals surface area contributed by atoms with Crippen LogP contribution in [0.1, 0.15) is 25.0 Å². The Labute approximate surface area is 229 Å². The van der Waals surface area contributed by atoms with Gasteiger partial charge in [-0.3, -0.25) is 19.3 Å². The fourth-order valence-corrected chi connectivity index (χ4v) is 6.37. The zero-order valence-electron chi connectivity index (χ0n) is 20.4. The van der Waals surface area contributed by atoms with Crippen molar-refractivity contribution in [3.8, 4) is 0 Å². The average molecular weight is 577 g/mol. The van der Waals surface area contributed by atoms with Gasteiger partial charge in [-0.1, -0.05) is 5.16 Å². The number of likely N-dealkylation sites (tertiary alicyclic amines) is 1. The molecule has 3 aliphatic heterocycles. The number of carboxylic acid groups (broad SMARTS) is 2. The van der Waals surface area contributed by atoms with Crippen molar-refractivity contribution < 1.29 is 39.0 Å². The quantitative estimate of drug-likeness (QED) is 0.125. The number of carbonyl (C=O) groups is 5. The molecule has 2 saturated heterocycles. The highest BCUT2D eigenvalue weighted by Crippen LogP contribution is 2.41. The number of thioether (sulfide) groups is 1. The molecule has 0 bridgehead atoms. The Hall–Kier alpha value is -3.92. The monoisotopic (exact) mass is 576 g/mol. The van der Waals surface area contributed by atoms with Crippen LogP contribution >= 0.6 is 23.1 Å². The lowest BCUT2D eigenvalue weighted by Crippen LogP contribution is -2.71. The predicted octanol–water partition coefficient (Wildman–Crippen LogP) is -0.162. The zero-order valence-corrected chi connectivity index (χ0v) is 22.0. The van der Waals surface area contributed by atoms with E-state index >= 15 is 0 Å². The Bertz CT molecular complexity index is 1350. The van der Waals surface area contributed by atoms with Gasteiger partial charge in [-0.25, -0.2) is 14.6 Å². The number of hydrogen-bond acceptors (Lipinski definition) is 11. The number of β-lactam (4-membered cyclic amide) rings is 1. The fraction of sp³-hybridized carbons (Fsp3) is 0.435. The minimum atomic E-state index is -1.31. The molecule has 1 aromatic heterocycles. The molecule has 4 aliphatic rings. The van der Waals surface area contributed by atoms with E-state index in [2.05, 4.69) is 15.5 Å². The molecule has 1 aromatic rings. The molecular weight excluding hydrogens is 552 g/mol. The maximum Gasteiger partial charge on any atom is 0.352 e. The number of nitrogen functional groups attached to an aromatic ring is 1. The standard InChI is InChI=1S/C23H24N6O8S2/c24-23-25-13(9-39-23)15(27-37-7-14(30)31)18(32)26-16-20(34)29-17(22(35)36)12(8-38-21(16)29)5-11-3-4-28(19(11)33)6-10-1-2-10/h5,9-10,16,21H,1-4,6-8H2,(H2,24,25)(H,26,32)(H,30,31)(H,35,36)/t16-,21-/m1/s1. The molecule has 16 heteroatoms. The van der Waals surface area contributed by atoms with Crippen LogP contribution < -0.4 is 11.1 Å². The molecule has 14 nitrogen and oxygen atoms in total. The average Bonchev–Trinajstić information content (AvgIpc) is 3.52. The van der Waals surface area contributed by atoms with Crippen LogP contribution in [0.2, 0.25) is 0 Å². The number of aliphatic carboxylic acids is 2. The number of carbonyl (C=O) groups excluding carboxylic acids is 3. The number of nitrogens with one attached hydrogen (secondary N) is 1. The second kappa shape index (κ2) is 10.7. The first-order valence-corrected chi connectivity index (χ1v) is 13.9. The predicted molar refractivity (Wildman–Crippen MR) is 138 cm³/mol. The third-order valence-corrected chi connectivity index (χ3v) is 8.52. The molecule has 5 rings (SSSR count). The Morgan fingerprint density at radius 1 is 1.28 bits per heavy atom. The van der Waals surface area contributed by atoms with Gasteiger partial charge in [0.05, 0.1) is 0 Å². The topological polar surface area (TPSA) is 205 Å². The van der Waals surface area contributed by atoms with Crippen molar-refractivity contribution >= 4 is 63.6 Å². The number of fused-ring (bicyclic) bond motifs is 1. The van der Waals surface area contributed by atoms with Crippen molar-refractivity contribution in [1.82, 2.24) is 20.1 Å². The number of anilines is 1. The number of nitrogens with two attached hydrogens (primary N) is 1. The number of carboxylic acids is 2. The lowest BCUT2D eigenvalue weighted by atomic mass is 10.0. The van der Waals surface area contributed by atoms with Gasteiger partial charge in [-0.05, 0) is 36.8 Å². The molecule has 3 fully saturated rings. The summed E-state index contributed by atoms with van der Waals surface area (Å²) in [5, 5.41) is 25.7. The molecule has 39 heavy (non-hydrogen) atoms. The van der Waals surface area contributed by atoms with E-state index in [0.717, 1.165) is 29.1 Å². The number of oxime groups is 1. The molecule has 0 radical (unpaired) electrons. The van der Waals surface area contributed by atoms with Gasteiger partial charge < -0.3 is 31.0 Å². The minimum Gasteiger partial charge on any atom is -0.479 e. The molecule has 206 valence electrons. The maximum atomic E-state index is 13.1. The highest BCUT2D eigenvalue weighted by Gasteiger charge is 2.54. The van der Waals surface area contributed by atoms with Gasteiger partial charge in [0, 0.05) is 29.8 Å². The number of thiazole rings is 1. The SMILES string of the molecule is Nc1nc(C(=NOCC(=O)O)C(=O)N[C@@H]2C(=O)N3C(C(=O)O)=C(C=C4CCN(CC5CC5)C4=O)CS[C@H]23)cs1. The van der Waals surface area contributed by atoms with Crippen LogP contribution in [0.4, 0.5) is 5.13 Å². The van der Waals surface area contributed by atoms with Crippen LogP contribution in [-0.4, -0.2) is 97.2 Å². The molecule has 4 heterocycles. The summed E-state index contributed by atoms with van der Waals surface area (Å²) in [5.74, 6) is -3.49. The van der Waals surface area contributed by atoms with Gasteiger partial charge in [0.25, 0.3) is 11.8 Å². The second-order valence-electron chi connectivity index (χ2n) is 9.33. The van der Waals surface area contributed by atoms with Gasteiger partial charge in [-0.2, -0.15) is 0 Å². The van der Waals surface area contributed by atoms with Crippen LogP contribution in [0.3, 0.4) is 0 Å². The zero-order chi connectivity index (χ0) is 27.8. The summed E-state index contributed by atoms with van der Waals surface area (Å²) in [5.41, 5.74) is 5.93. The largest absolute Gasteiger partial charge is 0.479 e. The van der Waals surface area contributed by atoms with Gasteiger partial charge in [0.1, 0.15) is 22.8 Å². The van der Waals surface area contributed by atoms with E-state index in [1.807, 2.05) is 0 Å². The Balaban J connectivity index is 1.32. The highest BCUT2D eigenvalue weighted by molar-refractivity contribution is 8.00. The molecule has 1 aliphatic carbocycles. The summed E-state index contributed by atoms with van der Waals surface area (Å²) in [6.45, 7) is 0.495. The third kappa shape index (κ3) is 5.47. The summed E-state index contributed by atoms with van der Waals surface area (Å²) in [4.78, 5) is 73.4.